The first-order valence-corrected chi connectivity index (χ1v) is 9.20. The first-order valence-electron chi connectivity index (χ1n) is 9.20. The number of hydrogen-bond acceptors (Lipinski definition) is 3. The summed E-state index contributed by atoms with van der Waals surface area (Å²) in [5.41, 5.74) is 9.58. The van der Waals surface area contributed by atoms with Gasteiger partial charge in [-0.1, -0.05) is 49.4 Å². The number of nitrogens with zero attached hydrogens (tertiary/aromatic N) is 1. The maximum atomic E-state index is 6.15. The average Bonchev–Trinajstić information content (AvgIpc) is 2.68. The lowest BCUT2D eigenvalue weighted by molar-refractivity contribution is 0.121. The van der Waals surface area contributed by atoms with Crippen molar-refractivity contribution in [3.8, 4) is 5.75 Å². The molecule has 0 aromatic heterocycles. The molecule has 2 aromatic carbocycles. The molecule has 0 spiro atoms. The van der Waals surface area contributed by atoms with E-state index in [1.54, 1.807) is 0 Å². The second-order valence-electron chi connectivity index (χ2n) is 6.39. The number of ether oxygens (including phenoxy) is 2. The number of aliphatic imine (C=N–C) groups is 1. The molecular weight excluding hydrogens is 326 g/mol. The van der Waals surface area contributed by atoms with Gasteiger partial charge < -0.3 is 20.5 Å². The van der Waals surface area contributed by atoms with Crippen LogP contribution in [-0.2, 0) is 17.9 Å². The van der Waals surface area contributed by atoms with E-state index in [1.165, 1.54) is 0 Å². The Morgan fingerprint density at radius 1 is 1.19 bits per heavy atom. The molecule has 138 valence electrons. The molecule has 2 aromatic rings. The molecule has 1 unspecified atom stereocenters. The third-order valence-corrected chi connectivity index (χ3v) is 4.42. The van der Waals surface area contributed by atoms with Gasteiger partial charge in [0, 0.05) is 18.6 Å². The van der Waals surface area contributed by atoms with Gasteiger partial charge in [-0.15, -0.1) is 0 Å². The summed E-state index contributed by atoms with van der Waals surface area (Å²) < 4.78 is 11.4. The van der Waals surface area contributed by atoms with Crippen molar-refractivity contribution in [3.63, 3.8) is 0 Å². The highest BCUT2D eigenvalue weighted by atomic mass is 16.5. The van der Waals surface area contributed by atoms with Crippen LogP contribution in [0.2, 0.25) is 0 Å². The van der Waals surface area contributed by atoms with Crippen LogP contribution in [0.1, 0.15) is 42.5 Å². The Morgan fingerprint density at radius 3 is 2.81 bits per heavy atom. The molecule has 0 bridgehead atoms. The molecule has 0 aliphatic carbocycles. The van der Waals surface area contributed by atoms with Crippen molar-refractivity contribution >= 4 is 5.96 Å². The molecule has 0 fully saturated rings. The molecule has 26 heavy (non-hydrogen) atoms. The fourth-order valence-corrected chi connectivity index (χ4v) is 3.07. The number of rotatable bonds is 7. The van der Waals surface area contributed by atoms with E-state index in [4.69, 9.17) is 15.2 Å². The molecule has 0 radical (unpaired) electrons. The monoisotopic (exact) mass is 353 g/mol. The van der Waals surface area contributed by atoms with Crippen molar-refractivity contribution in [3.05, 3.63) is 65.2 Å². The van der Waals surface area contributed by atoms with Crippen LogP contribution in [0.5, 0.6) is 5.75 Å². The van der Waals surface area contributed by atoms with Crippen molar-refractivity contribution in [2.45, 2.75) is 39.0 Å². The summed E-state index contributed by atoms with van der Waals surface area (Å²) in [6.07, 6.45) is 1.89. The molecule has 0 saturated heterocycles. The molecule has 1 atom stereocenters. The first-order chi connectivity index (χ1) is 12.8. The topological polar surface area (TPSA) is 68.9 Å². The van der Waals surface area contributed by atoms with E-state index in [9.17, 15) is 0 Å². The Balaban J connectivity index is 1.63. The van der Waals surface area contributed by atoms with Gasteiger partial charge in [0.1, 0.15) is 5.75 Å². The molecule has 0 saturated carbocycles. The number of guanidine groups is 1. The maximum Gasteiger partial charge on any atom is 0.189 e. The van der Waals surface area contributed by atoms with E-state index >= 15 is 0 Å². The molecule has 5 heteroatoms. The molecule has 5 nitrogen and oxygen atoms in total. The zero-order valence-electron chi connectivity index (χ0n) is 15.3. The number of nitrogens with two attached hydrogens (primary N) is 1. The van der Waals surface area contributed by atoms with E-state index in [2.05, 4.69) is 35.4 Å². The van der Waals surface area contributed by atoms with Crippen molar-refractivity contribution in [1.29, 1.82) is 0 Å². The largest absolute Gasteiger partial charge is 0.493 e. The highest BCUT2D eigenvalue weighted by Crippen LogP contribution is 2.31. The predicted molar refractivity (Wildman–Crippen MR) is 104 cm³/mol. The van der Waals surface area contributed by atoms with Gasteiger partial charge in [0.05, 0.1) is 25.8 Å². The smallest absolute Gasteiger partial charge is 0.189 e. The molecule has 3 rings (SSSR count). The lowest BCUT2D eigenvalue weighted by Crippen LogP contribution is -2.37. The first kappa shape index (κ1) is 18.3. The Hall–Kier alpha value is -2.53. The van der Waals surface area contributed by atoms with Gasteiger partial charge in [0.2, 0.25) is 0 Å². The predicted octanol–water partition coefficient (Wildman–Crippen LogP) is 3.54. The highest BCUT2D eigenvalue weighted by molar-refractivity contribution is 5.78. The number of hydrogen-bond donors (Lipinski definition) is 2. The van der Waals surface area contributed by atoms with Crippen LogP contribution in [0.3, 0.4) is 0 Å². The summed E-state index contributed by atoms with van der Waals surface area (Å²) in [4.78, 5) is 4.54. The second kappa shape index (κ2) is 9.25. The average molecular weight is 353 g/mol. The summed E-state index contributed by atoms with van der Waals surface area (Å²) in [6.45, 7) is 4.70. The van der Waals surface area contributed by atoms with Crippen LogP contribution in [0.4, 0.5) is 0 Å². The molecule has 1 aliphatic heterocycles. The molecule has 0 amide bonds. The van der Waals surface area contributed by atoms with Crippen LogP contribution >= 0.6 is 0 Å². The highest BCUT2D eigenvalue weighted by Gasteiger charge is 2.21. The quantitative estimate of drug-likeness (QED) is 0.454. The summed E-state index contributed by atoms with van der Waals surface area (Å²) in [5, 5.41) is 3.33. The number of nitrogens with one attached hydrogen (secondary N) is 1. The minimum absolute atomic E-state index is 0.131. The zero-order valence-corrected chi connectivity index (χ0v) is 15.3. The Morgan fingerprint density at radius 2 is 1.96 bits per heavy atom. The third kappa shape index (κ3) is 4.76. The van der Waals surface area contributed by atoms with Gasteiger partial charge in [0.15, 0.2) is 5.96 Å². The lowest BCUT2D eigenvalue weighted by atomic mass is 10.0. The van der Waals surface area contributed by atoms with Crippen LogP contribution in [0, 0.1) is 0 Å². The van der Waals surface area contributed by atoms with Gasteiger partial charge in [-0.2, -0.15) is 0 Å². The normalized spacial score (nSPS) is 16.7. The van der Waals surface area contributed by atoms with Crippen molar-refractivity contribution in [2.75, 3.05) is 13.2 Å². The zero-order chi connectivity index (χ0) is 18.2. The minimum Gasteiger partial charge on any atom is -0.493 e. The van der Waals surface area contributed by atoms with Crippen molar-refractivity contribution < 1.29 is 9.47 Å². The Bertz CT molecular complexity index is 746. The van der Waals surface area contributed by atoms with Gasteiger partial charge in [-0.25, -0.2) is 4.99 Å². The summed E-state index contributed by atoms with van der Waals surface area (Å²) in [5.74, 6) is 1.37. The second-order valence-corrected chi connectivity index (χ2v) is 6.39. The summed E-state index contributed by atoms with van der Waals surface area (Å²) >= 11 is 0. The van der Waals surface area contributed by atoms with Crippen molar-refractivity contribution in [1.82, 2.24) is 5.32 Å². The van der Waals surface area contributed by atoms with Gasteiger partial charge in [-0.3, -0.25) is 0 Å². The van der Waals surface area contributed by atoms with Crippen LogP contribution in [0.15, 0.2) is 53.5 Å². The van der Waals surface area contributed by atoms with Crippen LogP contribution < -0.4 is 15.8 Å². The Labute approximate surface area is 155 Å². The number of benzene rings is 2. The number of fused-ring (bicyclic) bond motifs is 1. The van der Waals surface area contributed by atoms with Gasteiger partial charge in [0.25, 0.3) is 0 Å². The minimum atomic E-state index is 0.131. The molecule has 3 N–H and O–H groups in total. The number of para-hydroxylation sites is 1. The van der Waals surface area contributed by atoms with Crippen LogP contribution in [0.25, 0.3) is 0 Å². The van der Waals surface area contributed by atoms with E-state index < -0.39 is 0 Å². The fourth-order valence-electron chi connectivity index (χ4n) is 3.07. The van der Waals surface area contributed by atoms with E-state index in [0.29, 0.717) is 25.7 Å². The van der Waals surface area contributed by atoms with Gasteiger partial charge >= 0.3 is 0 Å². The van der Waals surface area contributed by atoms with E-state index in [1.807, 2.05) is 30.3 Å². The standard InChI is InChI=1S/C21H27N3O2/c1-2-12-25-15-17-8-4-3-7-16(17)14-23-21(22)24-19-11-13-26-20-10-6-5-9-18(19)20/h3-10,19H,2,11-15H2,1H3,(H3,22,23,24). The molecule has 1 heterocycles. The molecular formula is C21H27N3O2. The maximum absolute atomic E-state index is 6.15. The van der Waals surface area contributed by atoms with Crippen LogP contribution in [-0.4, -0.2) is 19.2 Å². The van der Waals surface area contributed by atoms with Gasteiger partial charge in [-0.05, 0) is 23.6 Å². The fraction of sp³-hybridized carbons (Fsp3) is 0.381. The summed E-state index contributed by atoms with van der Waals surface area (Å²) in [6, 6.07) is 16.4. The lowest BCUT2D eigenvalue weighted by Gasteiger charge is -2.27. The summed E-state index contributed by atoms with van der Waals surface area (Å²) in [7, 11) is 0. The Kier molecular flexibility index (Phi) is 6.50. The molecule has 1 aliphatic rings. The van der Waals surface area contributed by atoms with Crippen molar-refractivity contribution in [2.24, 2.45) is 10.7 Å². The third-order valence-electron chi connectivity index (χ3n) is 4.42. The van der Waals surface area contributed by atoms with E-state index in [0.717, 1.165) is 41.9 Å². The SMILES string of the molecule is CCCOCc1ccccc1CN=C(N)NC1CCOc2ccccc21. The van der Waals surface area contributed by atoms with E-state index in [-0.39, 0.29) is 6.04 Å².